The van der Waals surface area contributed by atoms with E-state index >= 15 is 0 Å². The lowest BCUT2D eigenvalue weighted by Gasteiger charge is -2.37. The Bertz CT molecular complexity index is 1810. The van der Waals surface area contributed by atoms with Crippen LogP contribution in [0.1, 0.15) is 134 Å². The zero-order chi connectivity index (χ0) is 45.9. The lowest BCUT2D eigenvalue weighted by molar-refractivity contribution is -0.143. The van der Waals surface area contributed by atoms with Crippen molar-refractivity contribution >= 4 is 41.5 Å². The van der Waals surface area contributed by atoms with E-state index in [0.717, 1.165) is 37.7 Å². The first kappa shape index (κ1) is 49.0. The van der Waals surface area contributed by atoms with Crippen molar-refractivity contribution in [3.63, 3.8) is 0 Å². The summed E-state index contributed by atoms with van der Waals surface area (Å²) in [5, 5.41) is 14.2. The van der Waals surface area contributed by atoms with Crippen molar-refractivity contribution in [1.29, 1.82) is 0 Å². The predicted octanol–water partition coefficient (Wildman–Crippen LogP) is 5.10. The fraction of sp³-hybridized carbons (Fsp3) is 0.717. The summed E-state index contributed by atoms with van der Waals surface area (Å²) in [7, 11) is 0. The highest BCUT2D eigenvalue weighted by atomic mass is 16.5. The molecular formula is C46H73N7O8. The number of hydrogen-bond acceptors (Lipinski definition) is 8. The largest absolute Gasteiger partial charge is 0.445 e. The molecule has 0 bridgehead atoms. The van der Waals surface area contributed by atoms with E-state index in [1.54, 1.807) is 18.7 Å². The number of alkyl carbamates (subject to hydrolysis) is 1. The molecule has 1 heterocycles. The zero-order valence-corrected chi connectivity index (χ0v) is 38.6. The Kier molecular flexibility index (Phi) is 14.7. The van der Waals surface area contributed by atoms with E-state index in [1.807, 2.05) is 85.7 Å². The van der Waals surface area contributed by atoms with Crippen LogP contribution in [-0.4, -0.2) is 89.2 Å². The summed E-state index contributed by atoms with van der Waals surface area (Å²) in [5.41, 5.74) is 3.00. The van der Waals surface area contributed by atoms with Crippen LogP contribution >= 0.6 is 0 Å². The number of nitrogens with two attached hydrogens (primary N) is 1. The van der Waals surface area contributed by atoms with Gasteiger partial charge in [0, 0.05) is 18.5 Å². The second-order valence-electron chi connectivity index (χ2n) is 21.1. The minimum absolute atomic E-state index is 0.00414. The smallest absolute Gasteiger partial charge is 0.408 e. The van der Waals surface area contributed by atoms with E-state index in [0.29, 0.717) is 13.0 Å². The maximum absolute atomic E-state index is 15.0. The fourth-order valence-electron chi connectivity index (χ4n) is 9.95. The van der Waals surface area contributed by atoms with Crippen molar-refractivity contribution in [3.05, 3.63) is 35.9 Å². The summed E-state index contributed by atoms with van der Waals surface area (Å²) in [6.07, 6.45) is 4.57. The van der Waals surface area contributed by atoms with Crippen LogP contribution in [0.3, 0.4) is 0 Å². The summed E-state index contributed by atoms with van der Waals surface area (Å²) >= 11 is 0. The SMILES string of the molecule is CCCC(C)CC(NC(=O)[C@@H]1C[C@@]2(CN1C(=O)[C@@H](NC(=O)N[C@H](CNC(=O)C(C)(C)NC(=O)OCc1ccccc1)C(C)(C)C)C(C)(C)C)C(C)(C)C21CCC1)C(=O)C(N)=O. The number of hydrogen-bond donors (Lipinski definition) is 6. The number of rotatable bonds is 17. The molecule has 3 fully saturated rings. The van der Waals surface area contributed by atoms with Crippen LogP contribution in [0.5, 0.6) is 0 Å². The average molecular weight is 852 g/mol. The quantitative estimate of drug-likeness (QED) is 0.116. The first-order valence-electron chi connectivity index (χ1n) is 21.9. The molecule has 7 amide bonds. The van der Waals surface area contributed by atoms with Gasteiger partial charge in [0.05, 0.1) is 12.1 Å². The Hall–Kier alpha value is -4.69. The molecule has 2 unspecified atom stereocenters. The third kappa shape index (κ3) is 10.5. The second-order valence-corrected chi connectivity index (χ2v) is 21.1. The number of nitrogens with one attached hydrogen (secondary N) is 5. The van der Waals surface area contributed by atoms with Crippen molar-refractivity contribution in [2.75, 3.05) is 13.1 Å². The summed E-state index contributed by atoms with van der Waals surface area (Å²) < 4.78 is 5.31. The van der Waals surface area contributed by atoms with Crippen molar-refractivity contribution in [2.24, 2.45) is 38.7 Å². The maximum atomic E-state index is 15.0. The van der Waals surface area contributed by atoms with Gasteiger partial charge in [-0.15, -0.1) is 0 Å². The molecule has 6 atom stereocenters. The molecule has 340 valence electrons. The fourth-order valence-corrected chi connectivity index (χ4v) is 9.95. The standard InChI is InChI=1S/C46H73N7O8/c1-13-18-28(2)23-30(33(54)35(47)55)49-36(56)31-24-46(44(11,12)45(46)21-17-22-45)27-53(31)37(57)34(42(6,7)8)51-39(59)50-32(41(3,4)5)25-48-38(58)43(9,10)52-40(60)61-26-29-19-15-14-16-20-29/h14-16,19-20,28,30-32,34H,13,17-18,21-27H2,1-12H3,(H2,47,55)(H,48,58)(H,49,56)(H,52,60)(H2,50,51,59)/t28?,30?,31-,32+,34+,46+/m0/s1. The molecule has 0 aromatic heterocycles. The third-order valence-electron chi connectivity index (χ3n) is 14.1. The van der Waals surface area contributed by atoms with Crippen LogP contribution < -0.4 is 32.3 Å². The maximum Gasteiger partial charge on any atom is 0.408 e. The molecule has 1 aromatic carbocycles. The Morgan fingerprint density at radius 3 is 2.02 bits per heavy atom. The molecule has 61 heavy (non-hydrogen) atoms. The summed E-state index contributed by atoms with van der Waals surface area (Å²) in [6, 6.07) is 4.74. The number of primary amides is 1. The van der Waals surface area contributed by atoms with Gasteiger partial charge < -0.3 is 42.0 Å². The van der Waals surface area contributed by atoms with Gasteiger partial charge in [-0.05, 0) is 72.7 Å². The van der Waals surface area contributed by atoms with E-state index < -0.39 is 82.1 Å². The molecule has 7 N–H and O–H groups in total. The first-order chi connectivity index (χ1) is 28.1. The highest BCUT2D eigenvalue weighted by molar-refractivity contribution is 6.37. The van der Waals surface area contributed by atoms with Gasteiger partial charge in [-0.2, -0.15) is 0 Å². The first-order valence-corrected chi connectivity index (χ1v) is 21.9. The van der Waals surface area contributed by atoms with Gasteiger partial charge in [0.25, 0.3) is 5.91 Å². The van der Waals surface area contributed by atoms with Crippen LogP contribution in [0.25, 0.3) is 0 Å². The van der Waals surface area contributed by atoms with Gasteiger partial charge in [-0.25, -0.2) is 9.59 Å². The Morgan fingerprint density at radius 2 is 1.51 bits per heavy atom. The van der Waals surface area contributed by atoms with Crippen molar-refractivity contribution < 1.29 is 38.3 Å². The lowest BCUT2D eigenvalue weighted by atomic mass is 9.73. The predicted molar refractivity (Wildman–Crippen MR) is 232 cm³/mol. The van der Waals surface area contributed by atoms with Crippen molar-refractivity contribution in [2.45, 2.75) is 164 Å². The van der Waals surface area contributed by atoms with Crippen LogP contribution in [0.2, 0.25) is 0 Å². The molecule has 2 spiro atoms. The van der Waals surface area contributed by atoms with E-state index in [4.69, 9.17) is 10.5 Å². The molecule has 15 nitrogen and oxygen atoms in total. The molecule has 1 aliphatic heterocycles. The lowest BCUT2D eigenvalue weighted by Crippen LogP contribution is -2.62. The molecule has 3 aliphatic rings. The third-order valence-corrected chi connectivity index (χ3v) is 14.1. The molecule has 0 radical (unpaired) electrons. The van der Waals surface area contributed by atoms with Gasteiger partial charge >= 0.3 is 12.1 Å². The highest BCUT2D eigenvalue weighted by Gasteiger charge is 2.85. The van der Waals surface area contributed by atoms with Gasteiger partial charge in [0.15, 0.2) is 0 Å². The highest BCUT2D eigenvalue weighted by Crippen LogP contribution is 2.88. The van der Waals surface area contributed by atoms with Gasteiger partial charge in [-0.3, -0.25) is 24.0 Å². The van der Waals surface area contributed by atoms with E-state index in [-0.39, 0.29) is 41.7 Å². The average Bonchev–Trinajstić information content (AvgIpc) is 3.34. The monoisotopic (exact) mass is 852 g/mol. The minimum atomic E-state index is -1.35. The number of amides is 7. The number of Topliss-reactive ketones (excluding diaryl/α,β-unsaturated/α-hetero) is 1. The summed E-state index contributed by atoms with van der Waals surface area (Å²) in [4.78, 5) is 96.1. The number of likely N-dealkylation sites (tertiary alicyclic amines) is 1. The van der Waals surface area contributed by atoms with E-state index in [9.17, 15) is 33.6 Å². The van der Waals surface area contributed by atoms with Gasteiger partial charge in [-0.1, -0.05) is 119 Å². The Labute approximate surface area is 362 Å². The van der Waals surface area contributed by atoms with E-state index in [2.05, 4.69) is 40.4 Å². The number of urea groups is 1. The normalized spacial score (nSPS) is 22.2. The molecule has 15 heteroatoms. The number of nitrogens with zero attached hydrogens (tertiary/aromatic N) is 1. The van der Waals surface area contributed by atoms with Crippen LogP contribution in [0.15, 0.2) is 30.3 Å². The minimum Gasteiger partial charge on any atom is -0.445 e. The zero-order valence-electron chi connectivity index (χ0n) is 38.6. The molecule has 2 aliphatic carbocycles. The summed E-state index contributed by atoms with van der Waals surface area (Å²) in [5.74, 6) is -3.42. The number of carbonyl (C=O) groups excluding carboxylic acids is 7. The number of carbonyl (C=O) groups is 7. The molecule has 1 aromatic rings. The molecule has 2 saturated carbocycles. The topological polar surface area (TPSA) is 218 Å². The Balaban J connectivity index is 1.51. The molecular weight excluding hydrogens is 779 g/mol. The summed E-state index contributed by atoms with van der Waals surface area (Å²) in [6.45, 7) is 23.1. The molecule has 1 saturated heterocycles. The van der Waals surface area contributed by atoms with E-state index in [1.165, 1.54) is 0 Å². The van der Waals surface area contributed by atoms with Crippen LogP contribution in [-0.2, 0) is 35.3 Å². The van der Waals surface area contributed by atoms with Gasteiger partial charge in [0.2, 0.25) is 23.5 Å². The van der Waals surface area contributed by atoms with Crippen molar-refractivity contribution in [3.8, 4) is 0 Å². The number of ether oxygens (including phenoxy) is 1. The van der Waals surface area contributed by atoms with Crippen LogP contribution in [0, 0.1) is 33.0 Å². The second kappa shape index (κ2) is 18.3. The van der Waals surface area contributed by atoms with Crippen LogP contribution in [0.4, 0.5) is 9.59 Å². The van der Waals surface area contributed by atoms with Crippen molar-refractivity contribution in [1.82, 2.24) is 31.5 Å². The van der Waals surface area contributed by atoms with Gasteiger partial charge in [0.1, 0.15) is 24.2 Å². The molecule has 4 rings (SSSR count). The number of fused-ring (bicyclic) bond motifs is 1. The number of ketones is 1. The Morgan fingerprint density at radius 1 is 0.885 bits per heavy atom. The number of benzene rings is 1.